The summed E-state index contributed by atoms with van der Waals surface area (Å²) in [5.74, 6) is 1.67. The van der Waals surface area contributed by atoms with Crippen LogP contribution in [0.4, 0.5) is 0 Å². The normalized spacial score (nSPS) is 28.3. The van der Waals surface area contributed by atoms with E-state index >= 15 is 0 Å². The maximum absolute atomic E-state index is 14.4. The fourth-order valence-corrected chi connectivity index (χ4v) is 10.1. The molecule has 2 aromatic heterocycles. The van der Waals surface area contributed by atoms with Crippen LogP contribution in [0.15, 0.2) is 87.2 Å². The molecule has 8 heteroatoms. The van der Waals surface area contributed by atoms with Crippen molar-refractivity contribution in [2.24, 2.45) is 23.2 Å². The molecular formula is C41H55N4O4+. The number of allylic oxidation sites excluding steroid dienone is 3. The summed E-state index contributed by atoms with van der Waals surface area (Å²) in [6.45, 7) is 9.83. The Morgan fingerprint density at radius 3 is 2.53 bits per heavy atom. The fraction of sp³-hybridized carbons (Fsp3) is 0.585. The molecule has 2 saturated carbocycles. The van der Waals surface area contributed by atoms with E-state index in [1.807, 2.05) is 56.6 Å². The fourth-order valence-electron chi connectivity index (χ4n) is 10.1. The van der Waals surface area contributed by atoms with Gasteiger partial charge in [0.25, 0.3) is 0 Å². The molecule has 1 aromatic carbocycles. The minimum absolute atomic E-state index is 0.200. The summed E-state index contributed by atoms with van der Waals surface area (Å²) < 4.78 is 6.75. The Balaban J connectivity index is 1.22. The summed E-state index contributed by atoms with van der Waals surface area (Å²) >= 11 is 0. The summed E-state index contributed by atoms with van der Waals surface area (Å²) in [7, 11) is 0. The third-order valence-electron chi connectivity index (χ3n) is 12.6. The van der Waals surface area contributed by atoms with Crippen molar-refractivity contribution >= 4 is 0 Å². The van der Waals surface area contributed by atoms with Crippen LogP contribution >= 0.6 is 0 Å². The highest BCUT2D eigenvalue weighted by molar-refractivity contribution is 5.34. The van der Waals surface area contributed by atoms with E-state index in [2.05, 4.69) is 36.6 Å². The average molecular weight is 668 g/mol. The Kier molecular flexibility index (Phi) is 9.24. The minimum atomic E-state index is -0.620. The topological polar surface area (TPSA) is 93.3 Å². The van der Waals surface area contributed by atoms with E-state index in [1.54, 1.807) is 9.36 Å². The highest BCUT2D eigenvalue weighted by Gasteiger charge is 2.51. The van der Waals surface area contributed by atoms with E-state index in [0.29, 0.717) is 49.4 Å². The lowest BCUT2D eigenvalue weighted by Gasteiger charge is -2.45. The number of rotatable bonds is 9. The Hall–Kier alpha value is -3.49. The van der Waals surface area contributed by atoms with Crippen LogP contribution in [0, 0.1) is 23.2 Å². The van der Waals surface area contributed by atoms with Crippen LogP contribution in [-0.4, -0.2) is 35.8 Å². The molecule has 0 bridgehead atoms. The summed E-state index contributed by atoms with van der Waals surface area (Å²) in [6.07, 6.45) is 16.5. The van der Waals surface area contributed by atoms with E-state index in [0.717, 1.165) is 50.5 Å². The summed E-state index contributed by atoms with van der Waals surface area (Å²) in [6, 6.07) is 13.6. The van der Waals surface area contributed by atoms with Crippen molar-refractivity contribution in [2.75, 3.05) is 0 Å². The first-order chi connectivity index (χ1) is 23.4. The lowest BCUT2D eigenvalue weighted by Crippen LogP contribution is -2.39. The van der Waals surface area contributed by atoms with Crippen LogP contribution in [0.5, 0.6) is 0 Å². The largest absolute Gasteiger partial charge is 0.393 e. The zero-order valence-electron chi connectivity index (χ0n) is 29.9. The SMILES string of the molecule is C[C@H](CCCC(C)(C)O)[C@H]1CC[C@H]2/C(=C/[C@@H]3C4=C(CC[C@H](O)C4)Cn4c(=O)n(-c5cc[n+](Cc6ccccc6)cc5)c(=O)n43)CCC[C@]12C. The summed E-state index contributed by atoms with van der Waals surface area (Å²) in [5.41, 5.74) is 4.46. The zero-order chi connectivity index (χ0) is 34.5. The molecule has 8 nitrogen and oxygen atoms in total. The van der Waals surface area contributed by atoms with Gasteiger partial charge in [-0.2, -0.15) is 0 Å². The molecule has 6 atom stereocenters. The predicted molar refractivity (Wildman–Crippen MR) is 192 cm³/mol. The number of nitrogens with zero attached hydrogens (tertiary/aromatic N) is 4. The van der Waals surface area contributed by atoms with Gasteiger partial charge in [0.15, 0.2) is 18.9 Å². The van der Waals surface area contributed by atoms with E-state index in [4.69, 9.17) is 0 Å². The van der Waals surface area contributed by atoms with Crippen molar-refractivity contribution in [3.63, 3.8) is 0 Å². The lowest BCUT2D eigenvalue weighted by atomic mass is 9.60. The number of aliphatic hydroxyl groups is 2. The second-order valence-corrected chi connectivity index (χ2v) is 16.5. The first-order valence-corrected chi connectivity index (χ1v) is 18.7. The van der Waals surface area contributed by atoms with Gasteiger partial charge in [-0.05, 0) is 106 Å². The third-order valence-corrected chi connectivity index (χ3v) is 12.6. The van der Waals surface area contributed by atoms with Crippen LogP contribution in [0.3, 0.4) is 0 Å². The van der Waals surface area contributed by atoms with Gasteiger partial charge in [0.1, 0.15) is 0 Å². The van der Waals surface area contributed by atoms with Crippen molar-refractivity contribution in [3.8, 4) is 5.69 Å². The van der Waals surface area contributed by atoms with E-state index in [-0.39, 0.29) is 22.8 Å². The molecule has 0 spiro atoms. The van der Waals surface area contributed by atoms with Gasteiger partial charge in [-0.15, -0.1) is 0 Å². The minimum Gasteiger partial charge on any atom is -0.393 e. The highest BCUT2D eigenvalue weighted by Crippen LogP contribution is 2.60. The molecule has 2 N–H and O–H groups in total. The second-order valence-electron chi connectivity index (χ2n) is 16.5. The van der Waals surface area contributed by atoms with Gasteiger partial charge in [0.05, 0.1) is 30.0 Å². The van der Waals surface area contributed by atoms with Crippen molar-refractivity contribution < 1.29 is 14.8 Å². The van der Waals surface area contributed by atoms with Crippen LogP contribution in [0.1, 0.15) is 110 Å². The Morgan fingerprint density at radius 2 is 1.80 bits per heavy atom. The molecule has 4 aliphatic rings. The summed E-state index contributed by atoms with van der Waals surface area (Å²) in [4.78, 5) is 28.5. The van der Waals surface area contributed by atoms with E-state index in [9.17, 15) is 19.8 Å². The van der Waals surface area contributed by atoms with Crippen LogP contribution in [-0.2, 0) is 13.1 Å². The third kappa shape index (κ3) is 6.59. The van der Waals surface area contributed by atoms with Crippen molar-refractivity contribution in [1.82, 2.24) is 13.9 Å². The molecule has 3 heterocycles. The molecule has 262 valence electrons. The van der Waals surface area contributed by atoms with Gasteiger partial charge >= 0.3 is 11.4 Å². The molecule has 0 radical (unpaired) electrons. The maximum atomic E-state index is 14.4. The number of benzene rings is 1. The predicted octanol–water partition coefficient (Wildman–Crippen LogP) is 6.25. The quantitative estimate of drug-likeness (QED) is 0.208. The molecule has 49 heavy (non-hydrogen) atoms. The van der Waals surface area contributed by atoms with Crippen molar-refractivity contribution in [1.29, 1.82) is 0 Å². The standard InChI is InChI=1S/C41H55N4O4/c1-28(10-8-20-40(2,3)49)35-16-17-36-30(13-9-21-41(35,36)4)24-37-34-25-33(46)15-14-31(34)27-43-38(47)44(39(48)45(37)43)32-18-22-42(23-19-32)26-29-11-6-5-7-12-29/h5-7,11-12,18-19,22-24,28,33,35-37,46,49H,8-10,13-17,20-21,25-27H2,1-4H3/q+1/b30-24+/t28-,33+,35-,36+,37-,41-/m1/s1. The monoisotopic (exact) mass is 667 g/mol. The molecule has 7 rings (SSSR count). The smallest absolute Gasteiger partial charge is 0.352 e. The molecule has 2 fully saturated rings. The van der Waals surface area contributed by atoms with Gasteiger partial charge in [0, 0.05) is 17.7 Å². The number of pyridine rings is 1. The van der Waals surface area contributed by atoms with Crippen LogP contribution in [0.2, 0.25) is 0 Å². The van der Waals surface area contributed by atoms with Crippen molar-refractivity contribution in [2.45, 2.75) is 129 Å². The molecule has 0 amide bonds. The van der Waals surface area contributed by atoms with Gasteiger partial charge < -0.3 is 10.2 Å². The first kappa shape index (κ1) is 34.0. The second kappa shape index (κ2) is 13.3. The molecule has 1 aliphatic heterocycles. The van der Waals surface area contributed by atoms with Gasteiger partial charge in [-0.25, -0.2) is 28.1 Å². The molecular weight excluding hydrogens is 612 g/mol. The number of hydrogen-bond acceptors (Lipinski definition) is 4. The molecule has 3 aromatic rings. The summed E-state index contributed by atoms with van der Waals surface area (Å²) in [5, 5.41) is 21.1. The lowest BCUT2D eigenvalue weighted by molar-refractivity contribution is -0.688. The van der Waals surface area contributed by atoms with Gasteiger partial charge in [-0.1, -0.05) is 68.7 Å². The number of fused-ring (bicyclic) bond motifs is 2. The zero-order valence-corrected chi connectivity index (χ0v) is 29.9. The van der Waals surface area contributed by atoms with Crippen molar-refractivity contribution in [3.05, 3.63) is 104 Å². The number of aromatic nitrogens is 4. The maximum Gasteiger partial charge on any atom is 0.352 e. The average Bonchev–Trinajstić information content (AvgIpc) is 3.55. The Morgan fingerprint density at radius 1 is 1.04 bits per heavy atom. The van der Waals surface area contributed by atoms with E-state index < -0.39 is 11.7 Å². The van der Waals surface area contributed by atoms with Gasteiger partial charge in [-0.3, -0.25) is 0 Å². The van der Waals surface area contributed by atoms with Gasteiger partial charge in [0.2, 0.25) is 0 Å². The molecule has 0 saturated heterocycles. The van der Waals surface area contributed by atoms with Crippen LogP contribution in [0.25, 0.3) is 5.69 Å². The van der Waals surface area contributed by atoms with Crippen LogP contribution < -0.4 is 15.9 Å². The number of aliphatic hydroxyl groups excluding tert-OH is 1. The molecule has 0 unspecified atom stereocenters. The number of hydrogen-bond donors (Lipinski definition) is 2. The van der Waals surface area contributed by atoms with E-state index in [1.165, 1.54) is 34.1 Å². The Labute approximate surface area is 290 Å². The Bertz CT molecular complexity index is 1840. The highest BCUT2D eigenvalue weighted by atomic mass is 16.3. The molecule has 3 aliphatic carbocycles. The first-order valence-electron chi connectivity index (χ1n) is 18.7.